The van der Waals surface area contributed by atoms with Gasteiger partial charge >= 0.3 is 5.97 Å². The van der Waals surface area contributed by atoms with Crippen LogP contribution in [0.15, 0.2) is 27.6 Å². The van der Waals surface area contributed by atoms with Gasteiger partial charge in [0.2, 0.25) is 10.0 Å². The average Bonchev–Trinajstić information content (AvgIpc) is 2.32. The number of rotatable bonds is 5. The molecule has 1 aromatic carbocycles. The van der Waals surface area contributed by atoms with Crippen LogP contribution in [0.3, 0.4) is 0 Å². The van der Waals surface area contributed by atoms with E-state index in [4.69, 9.17) is 5.11 Å². The molecule has 0 aromatic heterocycles. The van der Waals surface area contributed by atoms with Gasteiger partial charge in [-0.3, -0.25) is 4.79 Å². The van der Waals surface area contributed by atoms with E-state index in [1.165, 1.54) is 26.1 Å². The second-order valence-corrected chi connectivity index (χ2v) is 6.94. The maximum atomic E-state index is 13.8. The summed E-state index contributed by atoms with van der Waals surface area (Å²) in [4.78, 5) is 10.2. The molecule has 0 bridgehead atoms. The number of benzene rings is 1. The van der Waals surface area contributed by atoms with Crippen LogP contribution in [0, 0.1) is 11.7 Å². The maximum Gasteiger partial charge on any atom is 0.307 e. The molecule has 0 heterocycles. The summed E-state index contributed by atoms with van der Waals surface area (Å²) in [6.07, 6.45) is 0. The minimum absolute atomic E-state index is 0.0354. The standard InChI is InChI=1S/C11H13BrFNO4S/c1-7(11(15)16)6-14(2)19(17,18)9-5-3-4-8(12)10(9)13/h3-5,7H,6H2,1-2H3,(H,15,16). The molecule has 1 aromatic rings. The zero-order valence-corrected chi connectivity index (χ0v) is 12.7. The van der Waals surface area contributed by atoms with Gasteiger partial charge in [-0.25, -0.2) is 12.8 Å². The Labute approximate surface area is 119 Å². The Hall–Kier alpha value is -0.990. The summed E-state index contributed by atoms with van der Waals surface area (Å²) in [7, 11) is -2.84. The van der Waals surface area contributed by atoms with Gasteiger partial charge in [0.15, 0.2) is 5.82 Å². The van der Waals surface area contributed by atoms with Crippen molar-refractivity contribution in [3.8, 4) is 0 Å². The molecule has 106 valence electrons. The highest BCUT2D eigenvalue weighted by atomic mass is 79.9. The lowest BCUT2D eigenvalue weighted by Gasteiger charge is -2.19. The topological polar surface area (TPSA) is 74.7 Å². The van der Waals surface area contributed by atoms with Crippen molar-refractivity contribution in [2.75, 3.05) is 13.6 Å². The van der Waals surface area contributed by atoms with Crippen LogP contribution in [0.2, 0.25) is 0 Å². The molecule has 0 aliphatic heterocycles. The van der Waals surface area contributed by atoms with Crippen LogP contribution < -0.4 is 0 Å². The zero-order valence-electron chi connectivity index (χ0n) is 10.3. The number of hydrogen-bond acceptors (Lipinski definition) is 3. The highest BCUT2D eigenvalue weighted by Crippen LogP contribution is 2.24. The van der Waals surface area contributed by atoms with E-state index in [2.05, 4.69) is 15.9 Å². The molecule has 0 aliphatic rings. The van der Waals surface area contributed by atoms with E-state index in [0.29, 0.717) is 0 Å². The first-order valence-corrected chi connectivity index (χ1v) is 7.54. The van der Waals surface area contributed by atoms with Crippen LogP contribution in [0.4, 0.5) is 4.39 Å². The molecule has 19 heavy (non-hydrogen) atoms. The number of carboxylic acids is 1. The smallest absolute Gasteiger partial charge is 0.307 e. The second kappa shape index (κ2) is 5.98. The van der Waals surface area contributed by atoms with Gasteiger partial charge in [0, 0.05) is 13.6 Å². The largest absolute Gasteiger partial charge is 0.481 e. The van der Waals surface area contributed by atoms with E-state index < -0.39 is 32.6 Å². The van der Waals surface area contributed by atoms with Gasteiger partial charge in [-0.05, 0) is 28.1 Å². The molecule has 1 atom stereocenters. The summed E-state index contributed by atoms with van der Waals surface area (Å²) in [5.41, 5.74) is 0. The van der Waals surface area contributed by atoms with Gasteiger partial charge in [0.1, 0.15) is 4.90 Å². The third-order valence-corrected chi connectivity index (χ3v) is 5.01. The molecule has 5 nitrogen and oxygen atoms in total. The Bertz CT molecular complexity index is 590. The van der Waals surface area contributed by atoms with Crippen molar-refractivity contribution in [3.63, 3.8) is 0 Å². The van der Waals surface area contributed by atoms with Gasteiger partial charge in [-0.2, -0.15) is 4.31 Å². The second-order valence-electron chi connectivity index (χ2n) is 4.08. The van der Waals surface area contributed by atoms with Gasteiger partial charge in [-0.1, -0.05) is 13.0 Å². The fourth-order valence-electron chi connectivity index (χ4n) is 1.41. The number of hydrogen-bond donors (Lipinski definition) is 1. The van der Waals surface area contributed by atoms with Crippen molar-refractivity contribution in [2.45, 2.75) is 11.8 Å². The number of carbonyl (C=O) groups is 1. The highest BCUT2D eigenvalue weighted by Gasteiger charge is 2.28. The third-order valence-electron chi connectivity index (χ3n) is 2.56. The quantitative estimate of drug-likeness (QED) is 0.877. The van der Waals surface area contributed by atoms with Crippen LogP contribution in [-0.4, -0.2) is 37.4 Å². The minimum Gasteiger partial charge on any atom is -0.481 e. The van der Waals surface area contributed by atoms with Crippen molar-refractivity contribution < 1.29 is 22.7 Å². The fraction of sp³-hybridized carbons (Fsp3) is 0.364. The summed E-state index contributed by atoms with van der Waals surface area (Å²) < 4.78 is 38.9. The monoisotopic (exact) mass is 353 g/mol. The Morgan fingerprint density at radius 3 is 2.63 bits per heavy atom. The third kappa shape index (κ3) is 3.52. The van der Waals surface area contributed by atoms with E-state index in [1.807, 2.05) is 0 Å². The van der Waals surface area contributed by atoms with Crippen molar-refractivity contribution in [3.05, 3.63) is 28.5 Å². The van der Waals surface area contributed by atoms with Crippen molar-refractivity contribution >= 4 is 31.9 Å². The Kier molecular flexibility index (Phi) is 5.05. The van der Waals surface area contributed by atoms with Crippen LogP contribution in [0.25, 0.3) is 0 Å². The zero-order chi connectivity index (χ0) is 14.8. The van der Waals surface area contributed by atoms with E-state index in [9.17, 15) is 17.6 Å². The predicted molar refractivity (Wildman–Crippen MR) is 70.7 cm³/mol. The molecule has 0 saturated heterocycles. The number of nitrogens with zero attached hydrogens (tertiary/aromatic N) is 1. The summed E-state index contributed by atoms with van der Waals surface area (Å²) >= 11 is 2.91. The SMILES string of the molecule is CC(CN(C)S(=O)(=O)c1cccc(Br)c1F)C(=O)O. The molecular formula is C11H13BrFNO4S. The fourth-order valence-corrected chi connectivity index (χ4v) is 3.25. The van der Waals surface area contributed by atoms with Crippen LogP contribution >= 0.6 is 15.9 Å². The molecule has 8 heteroatoms. The lowest BCUT2D eigenvalue weighted by atomic mass is 10.2. The number of halogens is 2. The first-order chi connectivity index (χ1) is 8.67. The lowest BCUT2D eigenvalue weighted by Crippen LogP contribution is -2.34. The normalized spacial score (nSPS) is 13.5. The van der Waals surface area contributed by atoms with Crippen LogP contribution in [0.1, 0.15) is 6.92 Å². The van der Waals surface area contributed by atoms with E-state index in [-0.39, 0.29) is 11.0 Å². The molecule has 1 N–H and O–H groups in total. The van der Waals surface area contributed by atoms with Crippen LogP contribution in [-0.2, 0) is 14.8 Å². The van der Waals surface area contributed by atoms with Gasteiger partial charge in [0.05, 0.1) is 10.4 Å². The Morgan fingerprint density at radius 2 is 2.11 bits per heavy atom. The molecule has 1 unspecified atom stereocenters. The van der Waals surface area contributed by atoms with E-state index in [0.717, 1.165) is 10.4 Å². The molecule has 0 spiro atoms. The molecule has 0 aliphatic carbocycles. The molecular weight excluding hydrogens is 341 g/mol. The average molecular weight is 354 g/mol. The first-order valence-electron chi connectivity index (χ1n) is 5.31. The van der Waals surface area contributed by atoms with Crippen LogP contribution in [0.5, 0.6) is 0 Å². The molecule has 1 rings (SSSR count). The van der Waals surface area contributed by atoms with Gasteiger partial charge in [-0.15, -0.1) is 0 Å². The molecule has 0 fully saturated rings. The Balaban J connectivity index is 3.10. The lowest BCUT2D eigenvalue weighted by molar-refractivity contribution is -0.141. The van der Waals surface area contributed by atoms with E-state index in [1.54, 1.807) is 0 Å². The molecule has 0 amide bonds. The molecule has 0 radical (unpaired) electrons. The minimum atomic E-state index is -4.06. The number of carboxylic acid groups (broad SMARTS) is 1. The summed E-state index contributed by atoms with van der Waals surface area (Å²) in [6.45, 7) is 1.15. The Morgan fingerprint density at radius 1 is 1.53 bits per heavy atom. The van der Waals surface area contributed by atoms with Crippen molar-refractivity contribution in [2.24, 2.45) is 5.92 Å². The van der Waals surface area contributed by atoms with Crippen molar-refractivity contribution in [1.82, 2.24) is 4.31 Å². The maximum absolute atomic E-state index is 13.8. The highest BCUT2D eigenvalue weighted by molar-refractivity contribution is 9.10. The van der Waals surface area contributed by atoms with E-state index >= 15 is 0 Å². The summed E-state index contributed by atoms with van der Waals surface area (Å²) in [5, 5.41) is 8.76. The van der Waals surface area contributed by atoms with Gasteiger partial charge < -0.3 is 5.11 Å². The van der Waals surface area contributed by atoms with Crippen molar-refractivity contribution in [1.29, 1.82) is 0 Å². The first kappa shape index (κ1) is 16.1. The summed E-state index contributed by atoms with van der Waals surface area (Å²) in [5.74, 6) is -2.89. The predicted octanol–water partition coefficient (Wildman–Crippen LogP) is 1.93. The number of sulfonamides is 1. The number of aliphatic carboxylic acids is 1. The summed E-state index contributed by atoms with van der Waals surface area (Å²) in [6, 6.07) is 3.92. The molecule has 0 saturated carbocycles. The van der Waals surface area contributed by atoms with Gasteiger partial charge in [0.25, 0.3) is 0 Å².